The Balaban J connectivity index is 1.80. The summed E-state index contributed by atoms with van der Waals surface area (Å²) in [6, 6.07) is 18.7. The number of nitrogens with one attached hydrogen (secondary N) is 2. The molecule has 2 aromatic carbocycles. The SMILES string of the molecule is COc1ccc(Nc2cc(C)nc(Nc3cccc(C#N)c3)n2)cc1. The van der Waals surface area contributed by atoms with Crippen LogP contribution in [0.1, 0.15) is 11.3 Å². The summed E-state index contributed by atoms with van der Waals surface area (Å²) in [4.78, 5) is 8.86. The van der Waals surface area contributed by atoms with Gasteiger partial charge in [0.2, 0.25) is 5.95 Å². The molecule has 1 heterocycles. The van der Waals surface area contributed by atoms with Crippen LogP contribution in [-0.2, 0) is 0 Å². The number of hydrogen-bond donors (Lipinski definition) is 2. The van der Waals surface area contributed by atoms with E-state index in [1.54, 1.807) is 19.2 Å². The highest BCUT2D eigenvalue weighted by Crippen LogP contribution is 2.21. The number of nitriles is 1. The van der Waals surface area contributed by atoms with Gasteiger partial charge in [-0.2, -0.15) is 10.2 Å². The highest BCUT2D eigenvalue weighted by Gasteiger charge is 2.04. The molecule has 0 bridgehead atoms. The summed E-state index contributed by atoms with van der Waals surface area (Å²) < 4.78 is 5.16. The minimum Gasteiger partial charge on any atom is -0.497 e. The second-order valence-electron chi connectivity index (χ2n) is 5.39. The number of methoxy groups -OCH3 is 1. The Labute approximate surface area is 146 Å². The molecule has 3 aromatic rings. The molecule has 0 fully saturated rings. The van der Waals surface area contributed by atoms with Crippen LogP contribution in [0, 0.1) is 18.3 Å². The van der Waals surface area contributed by atoms with Crippen molar-refractivity contribution in [3.63, 3.8) is 0 Å². The average Bonchev–Trinajstić information content (AvgIpc) is 2.62. The molecule has 0 saturated carbocycles. The molecule has 6 heteroatoms. The lowest BCUT2D eigenvalue weighted by atomic mass is 10.2. The summed E-state index contributed by atoms with van der Waals surface area (Å²) in [6.45, 7) is 1.90. The zero-order valence-electron chi connectivity index (χ0n) is 13.9. The first-order chi connectivity index (χ1) is 12.2. The molecule has 1 aromatic heterocycles. The average molecular weight is 331 g/mol. The first-order valence-corrected chi connectivity index (χ1v) is 7.70. The largest absolute Gasteiger partial charge is 0.497 e. The number of aromatic nitrogens is 2. The Bertz CT molecular complexity index is 916. The smallest absolute Gasteiger partial charge is 0.229 e. The van der Waals surface area contributed by atoms with Crippen molar-refractivity contribution in [1.82, 2.24) is 9.97 Å². The molecule has 0 aliphatic carbocycles. The van der Waals surface area contributed by atoms with Crippen LogP contribution in [0.5, 0.6) is 5.75 Å². The topological polar surface area (TPSA) is 82.9 Å². The molecule has 0 saturated heterocycles. The number of ether oxygens (including phenoxy) is 1. The molecule has 0 unspecified atom stereocenters. The minimum absolute atomic E-state index is 0.464. The Kier molecular flexibility index (Phi) is 4.77. The van der Waals surface area contributed by atoms with E-state index in [9.17, 15) is 0 Å². The van der Waals surface area contributed by atoms with Crippen LogP contribution in [0.4, 0.5) is 23.1 Å². The molecule has 25 heavy (non-hydrogen) atoms. The summed E-state index contributed by atoms with van der Waals surface area (Å²) in [5.41, 5.74) is 3.07. The second kappa shape index (κ2) is 7.32. The highest BCUT2D eigenvalue weighted by molar-refractivity contribution is 5.61. The molecular formula is C19H17N5O. The van der Waals surface area contributed by atoms with Gasteiger partial charge in [-0.25, -0.2) is 4.98 Å². The maximum Gasteiger partial charge on any atom is 0.229 e. The monoisotopic (exact) mass is 331 g/mol. The van der Waals surface area contributed by atoms with E-state index in [1.165, 1.54) is 0 Å². The Morgan fingerprint density at radius 2 is 1.76 bits per heavy atom. The van der Waals surface area contributed by atoms with E-state index >= 15 is 0 Å². The normalized spacial score (nSPS) is 9.96. The molecule has 0 atom stereocenters. The summed E-state index contributed by atoms with van der Waals surface area (Å²) in [7, 11) is 1.63. The zero-order chi connectivity index (χ0) is 17.6. The summed E-state index contributed by atoms with van der Waals surface area (Å²) in [5, 5.41) is 15.4. The van der Waals surface area contributed by atoms with Gasteiger partial charge in [0.1, 0.15) is 11.6 Å². The fraction of sp³-hybridized carbons (Fsp3) is 0.105. The van der Waals surface area contributed by atoms with Crippen LogP contribution in [-0.4, -0.2) is 17.1 Å². The van der Waals surface area contributed by atoms with E-state index in [4.69, 9.17) is 10.00 Å². The van der Waals surface area contributed by atoms with E-state index in [-0.39, 0.29) is 0 Å². The van der Waals surface area contributed by atoms with Crippen LogP contribution in [0.15, 0.2) is 54.6 Å². The van der Waals surface area contributed by atoms with Gasteiger partial charge in [-0.1, -0.05) is 6.07 Å². The van der Waals surface area contributed by atoms with E-state index in [2.05, 4.69) is 26.7 Å². The second-order valence-corrected chi connectivity index (χ2v) is 5.39. The van der Waals surface area contributed by atoms with Gasteiger partial charge in [-0.15, -0.1) is 0 Å². The van der Waals surface area contributed by atoms with Crippen molar-refractivity contribution < 1.29 is 4.74 Å². The van der Waals surface area contributed by atoms with Gasteiger partial charge in [-0.05, 0) is 49.4 Å². The lowest BCUT2D eigenvalue weighted by Crippen LogP contribution is -2.02. The Morgan fingerprint density at radius 1 is 0.960 bits per heavy atom. The number of aryl methyl sites for hydroxylation is 1. The van der Waals surface area contributed by atoms with Crippen LogP contribution >= 0.6 is 0 Å². The highest BCUT2D eigenvalue weighted by atomic mass is 16.5. The van der Waals surface area contributed by atoms with Crippen molar-refractivity contribution in [3.8, 4) is 11.8 Å². The molecule has 0 amide bonds. The standard InChI is InChI=1S/C19H17N5O/c1-13-10-18(22-15-6-8-17(25-2)9-7-15)24-19(21-13)23-16-5-3-4-14(11-16)12-20/h3-11H,1-2H3,(H2,21,22,23,24). The molecule has 0 radical (unpaired) electrons. The van der Waals surface area contributed by atoms with Crippen molar-refractivity contribution in [3.05, 3.63) is 65.9 Å². The number of hydrogen-bond acceptors (Lipinski definition) is 6. The van der Waals surface area contributed by atoms with E-state index in [0.717, 1.165) is 22.8 Å². The minimum atomic E-state index is 0.464. The lowest BCUT2D eigenvalue weighted by molar-refractivity contribution is 0.415. The van der Waals surface area contributed by atoms with Crippen molar-refractivity contribution in [2.24, 2.45) is 0 Å². The van der Waals surface area contributed by atoms with E-state index < -0.39 is 0 Å². The van der Waals surface area contributed by atoms with Gasteiger partial charge in [0.15, 0.2) is 0 Å². The summed E-state index contributed by atoms with van der Waals surface area (Å²) >= 11 is 0. The van der Waals surface area contributed by atoms with Gasteiger partial charge >= 0.3 is 0 Å². The molecule has 0 spiro atoms. The lowest BCUT2D eigenvalue weighted by Gasteiger charge is -2.10. The maximum absolute atomic E-state index is 8.99. The molecule has 2 N–H and O–H groups in total. The number of rotatable bonds is 5. The van der Waals surface area contributed by atoms with Gasteiger partial charge in [0, 0.05) is 23.1 Å². The molecular weight excluding hydrogens is 314 g/mol. The van der Waals surface area contributed by atoms with Crippen LogP contribution < -0.4 is 15.4 Å². The number of benzene rings is 2. The van der Waals surface area contributed by atoms with Gasteiger partial charge < -0.3 is 15.4 Å². The Morgan fingerprint density at radius 3 is 2.48 bits per heavy atom. The third-order valence-corrected chi connectivity index (χ3v) is 3.46. The van der Waals surface area contributed by atoms with Gasteiger partial charge in [-0.3, -0.25) is 0 Å². The zero-order valence-corrected chi connectivity index (χ0v) is 13.9. The first-order valence-electron chi connectivity index (χ1n) is 7.70. The van der Waals surface area contributed by atoms with Crippen LogP contribution in [0.2, 0.25) is 0 Å². The predicted octanol–water partition coefficient (Wildman–Crippen LogP) is 4.15. The molecule has 6 nitrogen and oxygen atoms in total. The maximum atomic E-state index is 8.99. The quantitative estimate of drug-likeness (QED) is 0.730. The van der Waals surface area contributed by atoms with Crippen LogP contribution in [0.25, 0.3) is 0 Å². The predicted molar refractivity (Wildman–Crippen MR) is 97.5 cm³/mol. The summed E-state index contributed by atoms with van der Waals surface area (Å²) in [5.74, 6) is 1.94. The molecule has 3 rings (SSSR count). The third-order valence-electron chi connectivity index (χ3n) is 3.46. The van der Waals surface area contributed by atoms with Crippen LogP contribution in [0.3, 0.4) is 0 Å². The Hall–Kier alpha value is -3.59. The van der Waals surface area contributed by atoms with Crippen molar-refractivity contribution >= 4 is 23.1 Å². The molecule has 0 aliphatic heterocycles. The first kappa shape index (κ1) is 16.3. The van der Waals surface area contributed by atoms with Gasteiger partial charge in [0.25, 0.3) is 0 Å². The summed E-state index contributed by atoms with van der Waals surface area (Å²) in [6.07, 6.45) is 0. The van der Waals surface area contributed by atoms with Gasteiger partial charge in [0.05, 0.1) is 18.7 Å². The van der Waals surface area contributed by atoms with Crippen molar-refractivity contribution in [2.75, 3.05) is 17.7 Å². The fourth-order valence-corrected chi connectivity index (χ4v) is 2.31. The van der Waals surface area contributed by atoms with E-state index in [1.807, 2.05) is 49.4 Å². The van der Waals surface area contributed by atoms with Crippen molar-refractivity contribution in [1.29, 1.82) is 5.26 Å². The third kappa shape index (κ3) is 4.24. The molecule has 0 aliphatic rings. The van der Waals surface area contributed by atoms with E-state index in [0.29, 0.717) is 17.3 Å². The fourth-order valence-electron chi connectivity index (χ4n) is 2.31. The molecule has 124 valence electrons. The van der Waals surface area contributed by atoms with Crippen molar-refractivity contribution in [2.45, 2.75) is 6.92 Å². The number of anilines is 4. The number of nitrogens with zero attached hydrogens (tertiary/aromatic N) is 3.